The minimum atomic E-state index is 0.632. The molecule has 0 aliphatic heterocycles. The van der Waals surface area contributed by atoms with Gasteiger partial charge in [-0.15, -0.1) is 0 Å². The van der Waals surface area contributed by atoms with E-state index < -0.39 is 0 Å². The molecule has 0 saturated heterocycles. The zero-order chi connectivity index (χ0) is 71.6. The van der Waals surface area contributed by atoms with Crippen molar-refractivity contribution in [3.63, 3.8) is 0 Å². The number of rotatable bonds is 9. The van der Waals surface area contributed by atoms with E-state index in [0.717, 1.165) is 116 Å². The first kappa shape index (κ1) is 61.7. The zero-order valence-corrected chi connectivity index (χ0v) is 58.8. The average Bonchev–Trinajstić information content (AvgIpc) is 1.59. The second kappa shape index (κ2) is 24.9. The summed E-state index contributed by atoms with van der Waals surface area (Å²) in [5, 5.41) is 13.8. The molecule has 0 fully saturated rings. The minimum Gasteiger partial charge on any atom is -0.456 e. The Kier molecular flexibility index (Phi) is 14.1. The molecule has 0 spiro atoms. The predicted molar refractivity (Wildman–Crippen MR) is 451 cm³/mol. The molecule has 23 aromatic rings. The van der Waals surface area contributed by atoms with Crippen LogP contribution in [0.1, 0.15) is 0 Å². The van der Waals surface area contributed by atoms with Gasteiger partial charge in [-0.2, -0.15) is 0 Å². The molecule has 0 bridgehead atoms. The van der Waals surface area contributed by atoms with Crippen molar-refractivity contribution in [3.8, 4) is 79.2 Å². The molecule has 0 radical (unpaired) electrons. The molecule has 0 aliphatic rings. The average molecular weight is 1390 g/mol. The Morgan fingerprint density at radius 1 is 0.174 bits per heavy atom. The van der Waals surface area contributed by atoms with Crippen LogP contribution in [0.3, 0.4) is 0 Å². The Hall–Kier alpha value is -14.8. The third-order valence-electron chi connectivity index (χ3n) is 21.9. The fourth-order valence-corrected chi connectivity index (χ4v) is 16.8. The van der Waals surface area contributed by atoms with Crippen molar-refractivity contribution in [3.05, 3.63) is 376 Å². The molecular weight excluding hydrogens is 1330 g/mol. The summed E-state index contributed by atoms with van der Waals surface area (Å²) >= 11 is 0. The lowest BCUT2D eigenvalue weighted by Gasteiger charge is -2.12. The van der Waals surface area contributed by atoms with Crippen molar-refractivity contribution < 1.29 is 4.42 Å². The second-order valence-corrected chi connectivity index (χ2v) is 28.0. The molecule has 9 heteroatoms. The number of nitrogens with zero attached hydrogens (tertiary/aromatic N) is 8. The first-order valence-electron chi connectivity index (χ1n) is 36.9. The molecule has 0 saturated carbocycles. The van der Waals surface area contributed by atoms with Gasteiger partial charge in [0.05, 0.1) is 66.6 Å². The normalized spacial score (nSPS) is 11.9. The molecule has 109 heavy (non-hydrogen) atoms. The van der Waals surface area contributed by atoms with Crippen LogP contribution >= 0.6 is 0 Å². The van der Waals surface area contributed by atoms with E-state index in [-0.39, 0.29) is 0 Å². The van der Waals surface area contributed by atoms with Crippen LogP contribution < -0.4 is 0 Å². The maximum atomic E-state index is 6.31. The molecule has 9 nitrogen and oxygen atoms in total. The van der Waals surface area contributed by atoms with E-state index in [4.69, 9.17) is 24.4 Å². The van der Waals surface area contributed by atoms with Gasteiger partial charge in [-0.05, 0) is 161 Å². The lowest BCUT2D eigenvalue weighted by atomic mass is 10.0. The molecule has 0 unspecified atom stereocenters. The third kappa shape index (κ3) is 10.1. The Labute approximate surface area is 625 Å². The highest BCUT2D eigenvalue weighted by Gasteiger charge is 2.23. The molecule has 0 amide bonds. The summed E-state index contributed by atoms with van der Waals surface area (Å²) in [6.07, 6.45) is 0. The highest BCUT2D eigenvalue weighted by molar-refractivity contribution is 6.16. The molecule has 7 aromatic heterocycles. The number of fused-ring (bicyclic) bond motifs is 17. The maximum Gasteiger partial charge on any atom is 0.235 e. The van der Waals surface area contributed by atoms with Gasteiger partial charge in [-0.25, -0.2) is 19.9 Å². The fraction of sp³-hybridized carbons (Fsp3) is 0. The van der Waals surface area contributed by atoms with Crippen LogP contribution in [0.25, 0.3) is 210 Å². The van der Waals surface area contributed by atoms with Crippen molar-refractivity contribution in [1.82, 2.24) is 38.2 Å². The summed E-state index contributed by atoms with van der Waals surface area (Å²) in [6.45, 7) is 0. The standard InChI is InChI=1S/C50H30N4O.C50H32N4/c1-2-12-34(13-3-1)53-43-19-9-5-14-35(43)40-28-31(23-26-45(40)53)32-24-27-46-41(29-32)36-15-6-10-20-44(36)54(46)50-51-42-18-8-4-17-39(42)49(52-50)33-22-25-38-37-16-7-11-21-47(37)55-48(38)30-33;1-3-13-33(14-4-1)34-23-25-35(26-24-34)49-41-19-7-10-20-44(41)51-50(52-49)54-46-22-12-9-18-40(46)43-32-37(28-30-48(43)54)36-27-29-47-42(31-36)39-17-8-11-21-45(39)53(47)38-15-5-2-6-16-38/h1-30H;1-32H. The molecular formula is C100H62N8O. The Morgan fingerprint density at radius 2 is 0.477 bits per heavy atom. The Balaban J connectivity index is 0.000000135. The van der Waals surface area contributed by atoms with Crippen LogP contribution in [-0.4, -0.2) is 38.2 Å². The summed E-state index contributed by atoms with van der Waals surface area (Å²) in [7, 11) is 0. The zero-order valence-electron chi connectivity index (χ0n) is 58.8. The summed E-state index contributed by atoms with van der Waals surface area (Å²) in [4.78, 5) is 21.1. The summed E-state index contributed by atoms with van der Waals surface area (Å²) in [5.74, 6) is 1.29. The topological polar surface area (TPSA) is 84.4 Å². The van der Waals surface area contributed by atoms with E-state index in [1.165, 1.54) is 82.2 Å². The highest BCUT2D eigenvalue weighted by Crippen LogP contribution is 2.43. The molecule has 7 heterocycles. The number of benzene rings is 16. The number of para-hydroxylation sites is 9. The number of hydrogen-bond acceptors (Lipinski definition) is 5. The van der Waals surface area contributed by atoms with E-state index in [9.17, 15) is 0 Å². The number of furan rings is 1. The SMILES string of the molecule is c1ccc(-c2ccc(-c3nc(-n4c5ccccc5c5cc(-c6ccc7c(c6)c6ccccc6n7-c6ccccc6)ccc54)nc4ccccc34)cc2)cc1.c1ccc(-n2c3ccccc3c3cc(-c4ccc5c(c4)c4ccccc4n5-c4nc(-c5ccc6c(c5)oc5ccccc56)c5ccccc5n4)ccc32)cc1. The number of aromatic nitrogens is 8. The van der Waals surface area contributed by atoms with Crippen molar-refractivity contribution in [1.29, 1.82) is 0 Å². The fourth-order valence-electron chi connectivity index (χ4n) is 16.8. The van der Waals surface area contributed by atoms with Crippen LogP contribution in [0.5, 0.6) is 0 Å². The van der Waals surface area contributed by atoms with Gasteiger partial charge in [0.15, 0.2) is 0 Å². The van der Waals surface area contributed by atoms with Crippen molar-refractivity contribution in [2.24, 2.45) is 0 Å². The van der Waals surface area contributed by atoms with Gasteiger partial charge in [0, 0.05) is 87.1 Å². The first-order valence-corrected chi connectivity index (χ1v) is 36.9. The smallest absolute Gasteiger partial charge is 0.235 e. The highest BCUT2D eigenvalue weighted by atomic mass is 16.3. The van der Waals surface area contributed by atoms with Crippen LogP contribution in [-0.2, 0) is 0 Å². The predicted octanol–water partition coefficient (Wildman–Crippen LogP) is 25.9. The maximum absolute atomic E-state index is 6.31. The van der Waals surface area contributed by atoms with E-state index in [1.54, 1.807) is 0 Å². The third-order valence-corrected chi connectivity index (χ3v) is 21.9. The lowest BCUT2D eigenvalue weighted by Crippen LogP contribution is -2.03. The molecule has 0 N–H and O–H groups in total. The quantitative estimate of drug-likeness (QED) is 0.144. The monoisotopic (exact) mass is 1390 g/mol. The van der Waals surface area contributed by atoms with Crippen LogP contribution in [0.2, 0.25) is 0 Å². The lowest BCUT2D eigenvalue weighted by molar-refractivity contribution is 0.669. The van der Waals surface area contributed by atoms with Gasteiger partial charge in [0.1, 0.15) is 11.2 Å². The van der Waals surface area contributed by atoms with Crippen molar-refractivity contribution in [2.45, 2.75) is 0 Å². The number of hydrogen-bond donors (Lipinski definition) is 0. The molecule has 0 atom stereocenters. The molecule has 508 valence electrons. The van der Waals surface area contributed by atoms with Gasteiger partial charge in [-0.1, -0.05) is 249 Å². The second-order valence-electron chi connectivity index (χ2n) is 28.0. The van der Waals surface area contributed by atoms with Crippen molar-refractivity contribution >= 4 is 131 Å². The first-order chi connectivity index (χ1) is 54.0. The van der Waals surface area contributed by atoms with Gasteiger partial charge < -0.3 is 13.6 Å². The van der Waals surface area contributed by atoms with E-state index in [2.05, 4.69) is 358 Å². The molecule has 23 rings (SSSR count). The largest absolute Gasteiger partial charge is 0.456 e. The van der Waals surface area contributed by atoms with E-state index >= 15 is 0 Å². The molecule has 0 aliphatic carbocycles. The van der Waals surface area contributed by atoms with Gasteiger partial charge in [0.25, 0.3) is 0 Å². The van der Waals surface area contributed by atoms with Crippen LogP contribution in [0.15, 0.2) is 381 Å². The van der Waals surface area contributed by atoms with Gasteiger partial charge in [-0.3, -0.25) is 9.13 Å². The minimum absolute atomic E-state index is 0.632. The Bertz CT molecular complexity index is 7590. The van der Waals surface area contributed by atoms with Crippen LogP contribution in [0, 0.1) is 0 Å². The van der Waals surface area contributed by atoms with Gasteiger partial charge in [0.2, 0.25) is 11.9 Å². The van der Waals surface area contributed by atoms with Gasteiger partial charge >= 0.3 is 0 Å². The molecule has 16 aromatic carbocycles. The van der Waals surface area contributed by atoms with Crippen molar-refractivity contribution in [2.75, 3.05) is 0 Å². The van der Waals surface area contributed by atoms with E-state index in [1.807, 2.05) is 36.4 Å². The van der Waals surface area contributed by atoms with E-state index in [0.29, 0.717) is 11.9 Å². The summed E-state index contributed by atoms with van der Waals surface area (Å²) in [5.41, 5.74) is 25.8. The Morgan fingerprint density at radius 3 is 0.927 bits per heavy atom. The summed E-state index contributed by atoms with van der Waals surface area (Å²) < 4.78 is 15.5. The van der Waals surface area contributed by atoms with Crippen LogP contribution in [0.4, 0.5) is 0 Å². The summed E-state index contributed by atoms with van der Waals surface area (Å²) in [6, 6.07) is 133.